The normalized spacial score (nSPS) is 13.5. The highest BCUT2D eigenvalue weighted by Gasteiger charge is 2.22. The molecule has 0 radical (unpaired) electrons. The summed E-state index contributed by atoms with van der Waals surface area (Å²) in [5.74, 6) is -2.25. The van der Waals surface area contributed by atoms with Gasteiger partial charge in [-0.1, -0.05) is 6.92 Å². The molecule has 0 fully saturated rings. The number of primary amides is 1. The van der Waals surface area contributed by atoms with Crippen LogP contribution in [0.5, 0.6) is 0 Å². The summed E-state index contributed by atoms with van der Waals surface area (Å²) in [6.07, 6.45) is 0. The van der Waals surface area contributed by atoms with Gasteiger partial charge in [0.05, 0.1) is 12.0 Å². The van der Waals surface area contributed by atoms with Gasteiger partial charge in [0, 0.05) is 17.8 Å². The van der Waals surface area contributed by atoms with Crippen LogP contribution >= 0.6 is 0 Å². The Morgan fingerprint density at radius 2 is 1.77 bits per heavy atom. The number of carboxylic acid groups (broad SMARTS) is 1. The minimum atomic E-state index is -0.901. The summed E-state index contributed by atoms with van der Waals surface area (Å²) in [6.45, 7) is 3.55. The first-order valence-electron chi connectivity index (χ1n) is 6.86. The Morgan fingerprint density at radius 3 is 2.23 bits per heavy atom. The van der Waals surface area contributed by atoms with E-state index >= 15 is 0 Å². The van der Waals surface area contributed by atoms with Gasteiger partial charge < -0.3 is 16.2 Å². The lowest BCUT2D eigenvalue weighted by atomic mass is 10.1. The molecular weight excluding hydrogens is 286 g/mol. The van der Waals surface area contributed by atoms with Crippen molar-refractivity contribution in [2.45, 2.75) is 19.9 Å². The monoisotopic (exact) mass is 307 g/mol. The van der Waals surface area contributed by atoms with Gasteiger partial charge in [-0.2, -0.15) is 0 Å². The third-order valence-corrected chi connectivity index (χ3v) is 3.46. The highest BCUT2D eigenvalue weighted by Crippen LogP contribution is 2.11. The van der Waals surface area contributed by atoms with Crippen LogP contribution in [0.4, 0.5) is 5.69 Å². The first kappa shape index (κ1) is 17.6. The average molecular weight is 307 g/mol. The Hall–Kier alpha value is -2.41. The van der Waals surface area contributed by atoms with E-state index in [0.29, 0.717) is 11.3 Å². The molecule has 0 aliphatic rings. The summed E-state index contributed by atoms with van der Waals surface area (Å²) < 4.78 is 0. The van der Waals surface area contributed by atoms with Crippen LogP contribution in [0.2, 0.25) is 0 Å². The van der Waals surface area contributed by atoms with Gasteiger partial charge in [-0.05, 0) is 38.2 Å². The van der Waals surface area contributed by atoms with Gasteiger partial charge in [-0.15, -0.1) is 0 Å². The predicted octanol–water partition coefficient (Wildman–Crippen LogP) is 0.765. The number of nitrogens with zero attached hydrogens (tertiary/aromatic N) is 1. The molecule has 1 aromatic carbocycles. The Balaban J connectivity index is 2.63. The smallest absolute Gasteiger partial charge is 0.307 e. The fourth-order valence-corrected chi connectivity index (χ4v) is 1.83. The van der Waals surface area contributed by atoms with Gasteiger partial charge in [0.25, 0.3) is 0 Å². The number of likely N-dealkylation sites (N-methyl/N-ethyl adjacent to an activating group) is 1. The zero-order chi connectivity index (χ0) is 16.9. The van der Waals surface area contributed by atoms with Crippen LogP contribution in [0.25, 0.3) is 0 Å². The molecule has 2 unspecified atom stereocenters. The van der Waals surface area contributed by atoms with E-state index in [0.717, 1.165) is 0 Å². The minimum Gasteiger partial charge on any atom is -0.481 e. The lowest BCUT2D eigenvalue weighted by Crippen LogP contribution is -2.42. The number of benzene rings is 1. The van der Waals surface area contributed by atoms with Crippen molar-refractivity contribution in [2.75, 3.05) is 18.9 Å². The molecule has 0 aliphatic carbocycles. The second-order valence-electron chi connectivity index (χ2n) is 5.29. The minimum absolute atomic E-state index is 0.257. The second-order valence-corrected chi connectivity index (χ2v) is 5.29. The number of amides is 2. The summed E-state index contributed by atoms with van der Waals surface area (Å²) in [4.78, 5) is 35.6. The lowest BCUT2D eigenvalue weighted by molar-refractivity contribution is -0.142. The first-order chi connectivity index (χ1) is 10.2. The number of rotatable bonds is 7. The van der Waals surface area contributed by atoms with Crippen LogP contribution in [0.1, 0.15) is 24.2 Å². The third kappa shape index (κ3) is 4.85. The van der Waals surface area contributed by atoms with E-state index in [1.807, 2.05) is 0 Å². The Labute approximate surface area is 129 Å². The van der Waals surface area contributed by atoms with Gasteiger partial charge >= 0.3 is 5.97 Å². The SMILES string of the molecule is CC(CN(C)C(C)C(=O)Nc1ccc(C(N)=O)cc1)C(=O)O. The molecular formula is C15H21N3O4. The maximum absolute atomic E-state index is 12.1. The molecule has 0 bridgehead atoms. The molecule has 2 amide bonds. The zero-order valence-electron chi connectivity index (χ0n) is 12.9. The number of carboxylic acids is 1. The number of aliphatic carboxylic acids is 1. The fourth-order valence-electron chi connectivity index (χ4n) is 1.83. The lowest BCUT2D eigenvalue weighted by Gasteiger charge is -2.25. The number of hydrogen-bond acceptors (Lipinski definition) is 4. The van der Waals surface area contributed by atoms with Crippen molar-refractivity contribution in [1.82, 2.24) is 4.90 Å². The summed E-state index contributed by atoms with van der Waals surface area (Å²) in [6, 6.07) is 5.74. The molecule has 1 aromatic rings. The van der Waals surface area contributed by atoms with Crippen molar-refractivity contribution < 1.29 is 19.5 Å². The average Bonchev–Trinajstić information content (AvgIpc) is 2.46. The van der Waals surface area contributed by atoms with E-state index in [9.17, 15) is 14.4 Å². The number of carbonyl (C=O) groups excluding carboxylic acids is 2. The van der Waals surface area contributed by atoms with Gasteiger partial charge in [0.2, 0.25) is 11.8 Å². The molecule has 7 heteroatoms. The Morgan fingerprint density at radius 1 is 1.23 bits per heavy atom. The van der Waals surface area contributed by atoms with E-state index in [4.69, 9.17) is 10.8 Å². The number of nitrogens with two attached hydrogens (primary N) is 1. The summed E-state index contributed by atoms with van der Waals surface area (Å²) >= 11 is 0. The standard InChI is InChI=1S/C15H21N3O4/c1-9(15(21)22)8-18(3)10(2)14(20)17-12-6-4-11(5-7-12)13(16)19/h4-7,9-10H,8H2,1-3H3,(H2,16,19)(H,17,20)(H,21,22). The van der Waals surface area contributed by atoms with Gasteiger partial charge in [0.15, 0.2) is 0 Å². The predicted molar refractivity (Wildman–Crippen MR) is 82.5 cm³/mol. The van der Waals surface area contributed by atoms with Crippen molar-refractivity contribution >= 4 is 23.5 Å². The highest BCUT2D eigenvalue weighted by molar-refractivity contribution is 5.96. The Kier molecular flexibility index (Phi) is 6.06. The number of nitrogens with one attached hydrogen (secondary N) is 1. The number of carbonyl (C=O) groups is 3. The van der Waals surface area contributed by atoms with Gasteiger partial charge in [0.1, 0.15) is 0 Å². The summed E-state index contributed by atoms with van der Waals surface area (Å²) in [7, 11) is 1.69. The van der Waals surface area contributed by atoms with Crippen LogP contribution in [0, 0.1) is 5.92 Å². The molecule has 0 saturated carbocycles. The molecule has 0 saturated heterocycles. The van der Waals surface area contributed by atoms with Crippen LogP contribution < -0.4 is 11.1 Å². The van der Waals surface area contributed by atoms with E-state index in [2.05, 4.69) is 5.32 Å². The highest BCUT2D eigenvalue weighted by atomic mass is 16.4. The molecule has 4 N–H and O–H groups in total. The van der Waals surface area contributed by atoms with Gasteiger partial charge in [-0.3, -0.25) is 19.3 Å². The number of anilines is 1. The molecule has 0 aliphatic heterocycles. The van der Waals surface area contributed by atoms with E-state index in [1.165, 1.54) is 12.1 Å². The zero-order valence-corrected chi connectivity index (χ0v) is 12.9. The topological polar surface area (TPSA) is 113 Å². The van der Waals surface area contributed by atoms with E-state index in [-0.39, 0.29) is 12.5 Å². The Bertz CT molecular complexity index is 556. The second kappa shape index (κ2) is 7.56. The first-order valence-corrected chi connectivity index (χ1v) is 6.86. The van der Waals surface area contributed by atoms with Crippen molar-refractivity contribution in [3.8, 4) is 0 Å². The molecule has 7 nitrogen and oxygen atoms in total. The van der Waals surface area contributed by atoms with Gasteiger partial charge in [-0.25, -0.2) is 0 Å². The maximum atomic E-state index is 12.1. The maximum Gasteiger partial charge on any atom is 0.307 e. The van der Waals surface area contributed by atoms with E-state index in [1.54, 1.807) is 37.9 Å². The molecule has 0 spiro atoms. The van der Waals surface area contributed by atoms with Crippen molar-refractivity contribution in [2.24, 2.45) is 11.7 Å². The molecule has 2 atom stereocenters. The molecule has 1 rings (SSSR count). The number of hydrogen-bond donors (Lipinski definition) is 3. The molecule has 0 aromatic heterocycles. The fraction of sp³-hybridized carbons (Fsp3) is 0.400. The molecule has 120 valence electrons. The van der Waals surface area contributed by atoms with Crippen molar-refractivity contribution in [3.63, 3.8) is 0 Å². The largest absolute Gasteiger partial charge is 0.481 e. The third-order valence-electron chi connectivity index (χ3n) is 3.46. The van der Waals surface area contributed by atoms with Crippen molar-refractivity contribution in [3.05, 3.63) is 29.8 Å². The van der Waals surface area contributed by atoms with Crippen molar-refractivity contribution in [1.29, 1.82) is 0 Å². The summed E-state index contributed by atoms with van der Waals surface area (Å²) in [5, 5.41) is 11.6. The molecule has 0 heterocycles. The van der Waals surface area contributed by atoms with E-state index < -0.39 is 23.8 Å². The molecule has 22 heavy (non-hydrogen) atoms. The van der Waals surface area contributed by atoms with Crippen LogP contribution in [0.3, 0.4) is 0 Å². The summed E-state index contributed by atoms with van der Waals surface area (Å²) in [5.41, 5.74) is 6.05. The van der Waals surface area contributed by atoms with Crippen LogP contribution in [-0.2, 0) is 9.59 Å². The quantitative estimate of drug-likeness (QED) is 0.688. The van der Waals surface area contributed by atoms with Crippen LogP contribution in [0.15, 0.2) is 24.3 Å². The van der Waals surface area contributed by atoms with Crippen LogP contribution in [-0.4, -0.2) is 47.4 Å².